The number of benzene rings is 1. The van der Waals surface area contributed by atoms with Gasteiger partial charge in [-0.2, -0.15) is 0 Å². The van der Waals surface area contributed by atoms with Gasteiger partial charge in [-0.3, -0.25) is 0 Å². The summed E-state index contributed by atoms with van der Waals surface area (Å²) in [5, 5.41) is 0.787. The minimum atomic E-state index is 0.780. The lowest BCUT2D eigenvalue weighted by molar-refractivity contribution is 0.414. The van der Waals surface area contributed by atoms with E-state index in [0.29, 0.717) is 0 Å². The molecule has 0 amide bonds. The summed E-state index contributed by atoms with van der Waals surface area (Å²) in [6.07, 6.45) is 3.76. The number of anilines is 1. The van der Waals surface area contributed by atoms with Gasteiger partial charge in [0.2, 0.25) is 0 Å². The molecular formula is C14H17N3OS. The van der Waals surface area contributed by atoms with E-state index in [2.05, 4.69) is 20.9 Å². The Labute approximate surface area is 117 Å². The molecule has 0 saturated carbocycles. The molecule has 0 radical (unpaired) electrons. The molecule has 0 bridgehead atoms. The molecule has 5 heteroatoms. The van der Waals surface area contributed by atoms with Gasteiger partial charge in [-0.25, -0.2) is 9.97 Å². The molecule has 2 rings (SSSR count). The first-order valence-electron chi connectivity index (χ1n) is 5.94. The predicted molar refractivity (Wildman–Crippen MR) is 78.9 cm³/mol. The normalized spacial score (nSPS) is 10.3. The van der Waals surface area contributed by atoms with Crippen molar-refractivity contribution in [3.63, 3.8) is 0 Å². The van der Waals surface area contributed by atoms with E-state index in [1.54, 1.807) is 25.1 Å². The number of methoxy groups -OCH3 is 1. The number of ether oxygens (including phenoxy) is 1. The minimum absolute atomic E-state index is 0.780. The Hall–Kier alpha value is -1.75. The van der Waals surface area contributed by atoms with Gasteiger partial charge in [-0.05, 0) is 30.0 Å². The van der Waals surface area contributed by atoms with Crippen molar-refractivity contribution in [1.29, 1.82) is 0 Å². The Balaban J connectivity index is 2.13. The highest BCUT2D eigenvalue weighted by Gasteiger charge is 2.05. The Bertz CT molecular complexity index is 548. The summed E-state index contributed by atoms with van der Waals surface area (Å²) in [7, 11) is 3.70. The maximum absolute atomic E-state index is 5.23. The summed E-state index contributed by atoms with van der Waals surface area (Å²) in [6, 6.07) is 9.97. The second kappa shape index (κ2) is 6.43. The molecule has 0 saturated heterocycles. The number of nitrogens with zero attached hydrogens (tertiary/aromatic N) is 3. The molecule has 1 aromatic heterocycles. The largest absolute Gasteiger partial charge is 0.497 e. The van der Waals surface area contributed by atoms with Crippen LogP contribution in [-0.4, -0.2) is 30.4 Å². The van der Waals surface area contributed by atoms with Crippen LogP contribution in [0.25, 0.3) is 0 Å². The highest BCUT2D eigenvalue weighted by Crippen LogP contribution is 2.18. The molecule has 100 valence electrons. The average molecular weight is 275 g/mol. The first-order chi connectivity index (χ1) is 9.22. The van der Waals surface area contributed by atoms with Crippen LogP contribution in [0.4, 0.5) is 5.82 Å². The zero-order valence-electron chi connectivity index (χ0n) is 11.3. The van der Waals surface area contributed by atoms with Gasteiger partial charge < -0.3 is 9.64 Å². The SMILES string of the molecule is COc1cccc(CN(C)c2ccnc(SC)n2)c1. The minimum Gasteiger partial charge on any atom is -0.497 e. The molecule has 2 aromatic rings. The molecule has 1 aromatic carbocycles. The number of thioether (sulfide) groups is 1. The fourth-order valence-electron chi connectivity index (χ4n) is 1.77. The molecule has 4 nitrogen and oxygen atoms in total. The number of hydrogen-bond donors (Lipinski definition) is 0. The van der Waals surface area contributed by atoms with Crippen LogP contribution in [-0.2, 0) is 6.54 Å². The summed E-state index contributed by atoms with van der Waals surface area (Å²) >= 11 is 1.54. The van der Waals surface area contributed by atoms with Crippen molar-refractivity contribution < 1.29 is 4.74 Å². The van der Waals surface area contributed by atoms with Crippen LogP contribution in [0.5, 0.6) is 5.75 Å². The van der Waals surface area contributed by atoms with Crippen molar-refractivity contribution in [2.75, 3.05) is 25.3 Å². The highest BCUT2D eigenvalue weighted by molar-refractivity contribution is 7.98. The van der Waals surface area contributed by atoms with Gasteiger partial charge in [0, 0.05) is 19.8 Å². The fourth-order valence-corrected chi connectivity index (χ4v) is 2.12. The van der Waals surface area contributed by atoms with Crippen molar-refractivity contribution in [2.45, 2.75) is 11.7 Å². The summed E-state index contributed by atoms with van der Waals surface area (Å²) in [5.41, 5.74) is 1.19. The van der Waals surface area contributed by atoms with Gasteiger partial charge >= 0.3 is 0 Å². The standard InChI is InChI=1S/C14H17N3OS/c1-17(13-7-8-15-14(16-13)19-3)10-11-5-4-6-12(9-11)18-2/h4-9H,10H2,1-3H3. The summed E-state index contributed by atoms with van der Waals surface area (Å²) < 4.78 is 5.23. The van der Waals surface area contributed by atoms with Crippen LogP contribution in [0.15, 0.2) is 41.7 Å². The number of rotatable bonds is 5. The molecule has 0 aliphatic carbocycles. The third kappa shape index (κ3) is 3.61. The van der Waals surface area contributed by atoms with Crippen molar-refractivity contribution in [1.82, 2.24) is 9.97 Å². The first-order valence-corrected chi connectivity index (χ1v) is 7.16. The summed E-state index contributed by atoms with van der Waals surface area (Å²) in [4.78, 5) is 10.7. The Kier molecular flexibility index (Phi) is 4.63. The van der Waals surface area contributed by atoms with E-state index in [1.165, 1.54) is 5.56 Å². The van der Waals surface area contributed by atoms with E-state index < -0.39 is 0 Å². The third-order valence-corrected chi connectivity index (χ3v) is 3.31. The van der Waals surface area contributed by atoms with E-state index in [0.717, 1.165) is 23.3 Å². The summed E-state index contributed by atoms with van der Waals surface area (Å²) in [6.45, 7) is 0.780. The van der Waals surface area contributed by atoms with E-state index in [4.69, 9.17) is 4.74 Å². The fraction of sp³-hybridized carbons (Fsp3) is 0.286. The van der Waals surface area contributed by atoms with Crippen LogP contribution in [0, 0.1) is 0 Å². The lowest BCUT2D eigenvalue weighted by Gasteiger charge is -2.18. The monoisotopic (exact) mass is 275 g/mol. The molecule has 0 aliphatic heterocycles. The maximum atomic E-state index is 5.23. The molecule has 19 heavy (non-hydrogen) atoms. The van der Waals surface area contributed by atoms with Gasteiger partial charge in [-0.1, -0.05) is 23.9 Å². The number of aromatic nitrogens is 2. The molecule has 0 N–H and O–H groups in total. The van der Waals surface area contributed by atoms with Gasteiger partial charge in [-0.15, -0.1) is 0 Å². The smallest absolute Gasteiger partial charge is 0.189 e. The van der Waals surface area contributed by atoms with Crippen LogP contribution in [0.3, 0.4) is 0 Å². The lowest BCUT2D eigenvalue weighted by Crippen LogP contribution is -2.18. The zero-order valence-corrected chi connectivity index (χ0v) is 12.1. The van der Waals surface area contributed by atoms with Gasteiger partial charge in [0.1, 0.15) is 11.6 Å². The molecule has 0 spiro atoms. The topological polar surface area (TPSA) is 38.2 Å². The highest BCUT2D eigenvalue weighted by atomic mass is 32.2. The quantitative estimate of drug-likeness (QED) is 0.619. The van der Waals surface area contributed by atoms with Crippen molar-refractivity contribution >= 4 is 17.6 Å². The summed E-state index contributed by atoms with van der Waals surface area (Å²) in [5.74, 6) is 1.79. The van der Waals surface area contributed by atoms with E-state index in [-0.39, 0.29) is 0 Å². The van der Waals surface area contributed by atoms with E-state index >= 15 is 0 Å². The molecule has 1 heterocycles. The van der Waals surface area contributed by atoms with Gasteiger partial charge in [0.15, 0.2) is 5.16 Å². The van der Waals surface area contributed by atoms with Crippen LogP contribution < -0.4 is 9.64 Å². The molecule has 0 fully saturated rings. The molecular weight excluding hydrogens is 258 g/mol. The Morgan fingerprint density at radius 3 is 2.89 bits per heavy atom. The molecule has 0 atom stereocenters. The Morgan fingerprint density at radius 1 is 1.32 bits per heavy atom. The zero-order chi connectivity index (χ0) is 13.7. The first kappa shape index (κ1) is 13.7. The molecule has 0 aliphatic rings. The van der Waals surface area contributed by atoms with E-state index in [9.17, 15) is 0 Å². The Morgan fingerprint density at radius 2 is 2.16 bits per heavy atom. The maximum Gasteiger partial charge on any atom is 0.189 e. The average Bonchev–Trinajstić information content (AvgIpc) is 2.47. The van der Waals surface area contributed by atoms with Crippen molar-refractivity contribution in [3.05, 3.63) is 42.1 Å². The second-order valence-corrected chi connectivity index (χ2v) is 4.88. The molecule has 0 unspecified atom stereocenters. The number of hydrogen-bond acceptors (Lipinski definition) is 5. The van der Waals surface area contributed by atoms with Crippen molar-refractivity contribution in [3.8, 4) is 5.75 Å². The van der Waals surface area contributed by atoms with Crippen LogP contribution in [0.2, 0.25) is 0 Å². The van der Waals surface area contributed by atoms with Gasteiger partial charge in [0.05, 0.1) is 7.11 Å². The van der Waals surface area contributed by atoms with Crippen LogP contribution >= 0.6 is 11.8 Å². The van der Waals surface area contributed by atoms with Gasteiger partial charge in [0.25, 0.3) is 0 Å². The van der Waals surface area contributed by atoms with Crippen LogP contribution in [0.1, 0.15) is 5.56 Å². The predicted octanol–water partition coefficient (Wildman–Crippen LogP) is 2.84. The van der Waals surface area contributed by atoms with Crippen molar-refractivity contribution in [2.24, 2.45) is 0 Å². The lowest BCUT2D eigenvalue weighted by atomic mass is 10.2. The van der Waals surface area contributed by atoms with E-state index in [1.807, 2.05) is 37.6 Å². The second-order valence-electron chi connectivity index (χ2n) is 4.11. The third-order valence-electron chi connectivity index (χ3n) is 2.75.